The summed E-state index contributed by atoms with van der Waals surface area (Å²) < 4.78 is 0. The maximum Gasteiger partial charge on any atom is 0.00964 e. The molecule has 0 bridgehead atoms. The molecule has 1 saturated carbocycles. The predicted molar refractivity (Wildman–Crippen MR) is 71.8 cm³/mol. The second-order valence-electron chi connectivity index (χ2n) is 5.57. The van der Waals surface area contributed by atoms with Crippen molar-refractivity contribution >= 4 is 0 Å². The van der Waals surface area contributed by atoms with Crippen molar-refractivity contribution < 1.29 is 0 Å². The lowest BCUT2D eigenvalue weighted by Crippen LogP contribution is -2.31. The van der Waals surface area contributed by atoms with E-state index >= 15 is 0 Å². The van der Waals surface area contributed by atoms with Crippen LogP contribution in [-0.4, -0.2) is 37.1 Å². The summed E-state index contributed by atoms with van der Waals surface area (Å²) in [5, 5.41) is 3.53. The van der Waals surface area contributed by atoms with Crippen molar-refractivity contribution in [3.8, 4) is 0 Å². The molecule has 0 radical (unpaired) electrons. The third-order valence-corrected chi connectivity index (χ3v) is 3.21. The van der Waals surface area contributed by atoms with E-state index in [1.807, 2.05) is 0 Å². The first-order chi connectivity index (χ1) is 7.74. The fraction of sp³-hybridized carbons (Fsp3) is 1.00. The molecule has 0 aliphatic heterocycles. The highest BCUT2D eigenvalue weighted by Gasteiger charge is 2.27. The normalized spacial score (nSPS) is 16.3. The van der Waals surface area contributed by atoms with Crippen molar-refractivity contribution in [2.75, 3.05) is 26.2 Å². The van der Waals surface area contributed by atoms with Gasteiger partial charge in [-0.05, 0) is 57.8 Å². The van der Waals surface area contributed by atoms with Crippen molar-refractivity contribution in [2.24, 2.45) is 5.92 Å². The zero-order chi connectivity index (χ0) is 11.8. The Morgan fingerprint density at radius 3 is 2.44 bits per heavy atom. The first kappa shape index (κ1) is 14.0. The summed E-state index contributed by atoms with van der Waals surface area (Å²) in [5.41, 5.74) is 0. The molecule has 2 heteroatoms. The molecule has 1 rings (SSSR count). The van der Waals surface area contributed by atoms with E-state index in [0.29, 0.717) is 0 Å². The zero-order valence-electron chi connectivity index (χ0n) is 11.5. The molecule has 0 aromatic rings. The Bertz CT molecular complexity index is 164. The smallest absolute Gasteiger partial charge is 0.00964 e. The van der Waals surface area contributed by atoms with E-state index in [-0.39, 0.29) is 0 Å². The lowest BCUT2D eigenvalue weighted by Gasteiger charge is -2.21. The predicted octanol–water partition coefficient (Wildman–Crippen LogP) is 2.89. The van der Waals surface area contributed by atoms with Gasteiger partial charge in [-0.3, -0.25) is 0 Å². The van der Waals surface area contributed by atoms with Crippen LogP contribution < -0.4 is 5.32 Å². The van der Waals surface area contributed by atoms with Crippen LogP contribution in [0.1, 0.15) is 52.9 Å². The van der Waals surface area contributed by atoms with E-state index in [9.17, 15) is 0 Å². The highest BCUT2D eigenvalue weighted by Crippen LogP contribution is 2.26. The van der Waals surface area contributed by atoms with E-state index in [1.54, 1.807) is 0 Å². The molecule has 1 aliphatic carbocycles. The molecule has 0 saturated heterocycles. The molecule has 0 spiro atoms. The van der Waals surface area contributed by atoms with Gasteiger partial charge in [0.25, 0.3) is 0 Å². The average Bonchev–Trinajstić information content (AvgIpc) is 3.05. The van der Waals surface area contributed by atoms with Crippen LogP contribution in [0.15, 0.2) is 0 Å². The second-order valence-corrected chi connectivity index (χ2v) is 5.57. The lowest BCUT2D eigenvalue weighted by atomic mass is 10.2. The van der Waals surface area contributed by atoms with E-state index in [1.165, 1.54) is 58.3 Å². The molecule has 2 nitrogen and oxygen atoms in total. The molecule has 1 N–H and O–H groups in total. The summed E-state index contributed by atoms with van der Waals surface area (Å²) >= 11 is 0. The van der Waals surface area contributed by atoms with Gasteiger partial charge in [-0.1, -0.05) is 27.2 Å². The van der Waals surface area contributed by atoms with E-state index in [0.717, 1.165) is 12.0 Å². The molecule has 0 aromatic heterocycles. The van der Waals surface area contributed by atoms with Crippen LogP contribution in [0.4, 0.5) is 0 Å². The number of nitrogens with zero attached hydrogens (tertiary/aromatic N) is 1. The number of rotatable bonds is 10. The van der Waals surface area contributed by atoms with E-state index in [4.69, 9.17) is 0 Å². The van der Waals surface area contributed by atoms with Crippen molar-refractivity contribution in [2.45, 2.75) is 58.9 Å². The summed E-state index contributed by atoms with van der Waals surface area (Å²) in [4.78, 5) is 2.71. The van der Waals surface area contributed by atoms with Crippen LogP contribution in [0, 0.1) is 5.92 Å². The topological polar surface area (TPSA) is 15.3 Å². The summed E-state index contributed by atoms with van der Waals surface area (Å²) in [6, 6.07) is 0.941. The van der Waals surface area contributed by atoms with Gasteiger partial charge >= 0.3 is 0 Å². The molecule has 16 heavy (non-hydrogen) atoms. The largest absolute Gasteiger partial charge is 0.316 e. The standard InChI is InChI=1S/C14H30N2/c1-4-5-10-16(14-7-8-14)11-6-9-15-12-13(2)3/h13-15H,4-12H2,1-3H3. The molecule has 1 aliphatic rings. The maximum absolute atomic E-state index is 3.53. The first-order valence-electron chi connectivity index (χ1n) is 7.18. The number of hydrogen-bond donors (Lipinski definition) is 1. The van der Waals surface area contributed by atoms with Crippen molar-refractivity contribution in [1.29, 1.82) is 0 Å². The summed E-state index contributed by atoms with van der Waals surface area (Å²) in [6.07, 6.45) is 6.91. The van der Waals surface area contributed by atoms with Crippen LogP contribution >= 0.6 is 0 Å². The first-order valence-corrected chi connectivity index (χ1v) is 7.18. The van der Waals surface area contributed by atoms with Crippen LogP contribution in [0.2, 0.25) is 0 Å². The van der Waals surface area contributed by atoms with Gasteiger partial charge in [0.15, 0.2) is 0 Å². The SMILES string of the molecule is CCCCN(CCCNCC(C)C)C1CC1. The van der Waals surface area contributed by atoms with Crippen LogP contribution in [0.5, 0.6) is 0 Å². The highest BCUT2D eigenvalue weighted by atomic mass is 15.2. The van der Waals surface area contributed by atoms with Gasteiger partial charge in [-0.25, -0.2) is 0 Å². The van der Waals surface area contributed by atoms with Crippen molar-refractivity contribution in [3.05, 3.63) is 0 Å². The molecule has 0 amide bonds. The van der Waals surface area contributed by atoms with Crippen molar-refractivity contribution in [3.63, 3.8) is 0 Å². The molecule has 0 aromatic carbocycles. The number of nitrogens with one attached hydrogen (secondary N) is 1. The molecule has 96 valence electrons. The van der Waals surface area contributed by atoms with Gasteiger partial charge in [0.1, 0.15) is 0 Å². The molecular weight excluding hydrogens is 196 g/mol. The van der Waals surface area contributed by atoms with Crippen molar-refractivity contribution in [1.82, 2.24) is 10.2 Å². The molecule has 0 heterocycles. The monoisotopic (exact) mass is 226 g/mol. The number of unbranched alkanes of at least 4 members (excludes halogenated alkanes) is 1. The quantitative estimate of drug-likeness (QED) is 0.576. The third kappa shape index (κ3) is 6.49. The lowest BCUT2D eigenvalue weighted by molar-refractivity contribution is 0.254. The highest BCUT2D eigenvalue weighted by molar-refractivity contribution is 4.84. The Labute approximate surface area is 102 Å². The molecule has 0 unspecified atom stereocenters. The Balaban J connectivity index is 1.99. The van der Waals surface area contributed by atoms with E-state index < -0.39 is 0 Å². The Morgan fingerprint density at radius 1 is 1.19 bits per heavy atom. The second kappa shape index (κ2) is 8.08. The molecule has 1 fully saturated rings. The minimum Gasteiger partial charge on any atom is -0.316 e. The minimum absolute atomic E-state index is 0.777. The number of hydrogen-bond acceptors (Lipinski definition) is 2. The third-order valence-electron chi connectivity index (χ3n) is 3.21. The van der Waals surface area contributed by atoms with E-state index in [2.05, 4.69) is 31.0 Å². The zero-order valence-corrected chi connectivity index (χ0v) is 11.5. The van der Waals surface area contributed by atoms with Gasteiger partial charge in [-0.2, -0.15) is 0 Å². The molecule has 0 atom stereocenters. The van der Waals surface area contributed by atoms with Gasteiger partial charge in [0, 0.05) is 6.04 Å². The Hall–Kier alpha value is -0.0800. The van der Waals surface area contributed by atoms with Crippen LogP contribution in [-0.2, 0) is 0 Å². The summed E-state index contributed by atoms with van der Waals surface area (Å²) in [6.45, 7) is 11.8. The molecular formula is C14H30N2. The summed E-state index contributed by atoms with van der Waals surface area (Å²) in [7, 11) is 0. The summed E-state index contributed by atoms with van der Waals surface area (Å²) in [5.74, 6) is 0.777. The fourth-order valence-corrected chi connectivity index (χ4v) is 2.08. The minimum atomic E-state index is 0.777. The van der Waals surface area contributed by atoms with Crippen LogP contribution in [0.3, 0.4) is 0 Å². The average molecular weight is 226 g/mol. The Morgan fingerprint density at radius 2 is 1.88 bits per heavy atom. The van der Waals surface area contributed by atoms with Gasteiger partial charge < -0.3 is 10.2 Å². The van der Waals surface area contributed by atoms with Crippen LogP contribution in [0.25, 0.3) is 0 Å². The van der Waals surface area contributed by atoms with Gasteiger partial charge in [0.2, 0.25) is 0 Å². The van der Waals surface area contributed by atoms with Gasteiger partial charge in [-0.15, -0.1) is 0 Å². The maximum atomic E-state index is 3.53. The fourth-order valence-electron chi connectivity index (χ4n) is 2.08. The van der Waals surface area contributed by atoms with Gasteiger partial charge in [0.05, 0.1) is 0 Å². The Kier molecular flexibility index (Phi) is 7.06.